The van der Waals surface area contributed by atoms with Gasteiger partial charge in [-0.15, -0.1) is 0 Å². The number of carbonyl (C=O) groups is 1. The van der Waals surface area contributed by atoms with Gasteiger partial charge >= 0.3 is 0 Å². The highest BCUT2D eigenvalue weighted by molar-refractivity contribution is 5.73. The highest BCUT2D eigenvalue weighted by Gasteiger charge is 2.28. The van der Waals surface area contributed by atoms with Gasteiger partial charge in [-0.3, -0.25) is 4.79 Å². The average Bonchev–Trinajstić information content (AvgIpc) is 3.15. The number of nitrogens with zero attached hydrogens (tertiary/aromatic N) is 2. The maximum absolute atomic E-state index is 14.7. The van der Waals surface area contributed by atoms with Crippen molar-refractivity contribution >= 4 is 11.7 Å². The van der Waals surface area contributed by atoms with Crippen molar-refractivity contribution < 1.29 is 18.7 Å². The molecule has 2 aromatic rings. The van der Waals surface area contributed by atoms with E-state index in [2.05, 4.69) is 10.3 Å². The maximum Gasteiger partial charge on any atom is 0.217 e. The van der Waals surface area contributed by atoms with Crippen LogP contribution in [0.15, 0.2) is 36.5 Å². The van der Waals surface area contributed by atoms with E-state index in [-0.39, 0.29) is 23.8 Å². The van der Waals surface area contributed by atoms with Gasteiger partial charge in [-0.05, 0) is 31.0 Å². The predicted octanol–water partition coefficient (Wildman–Crippen LogP) is 3.86. The summed E-state index contributed by atoms with van der Waals surface area (Å²) in [6, 6.07) is 9.18. The molecule has 1 saturated heterocycles. The van der Waals surface area contributed by atoms with Crippen molar-refractivity contribution in [3.8, 4) is 11.5 Å². The summed E-state index contributed by atoms with van der Waals surface area (Å²) in [5.74, 6) is 0.824. The van der Waals surface area contributed by atoms with E-state index in [9.17, 15) is 9.18 Å². The van der Waals surface area contributed by atoms with E-state index in [1.807, 2.05) is 43.0 Å². The zero-order chi connectivity index (χ0) is 20.8. The third-order valence-electron chi connectivity index (χ3n) is 4.84. The van der Waals surface area contributed by atoms with Crippen LogP contribution in [0.3, 0.4) is 0 Å². The Balaban J connectivity index is 1.60. The maximum atomic E-state index is 14.7. The zero-order valence-electron chi connectivity index (χ0n) is 17.2. The lowest BCUT2D eigenvalue weighted by molar-refractivity contribution is -0.119. The summed E-state index contributed by atoms with van der Waals surface area (Å²) in [6.45, 7) is 7.13. The molecule has 0 bridgehead atoms. The summed E-state index contributed by atoms with van der Waals surface area (Å²) >= 11 is 0. The topological polar surface area (TPSA) is 63.7 Å². The fourth-order valence-electron chi connectivity index (χ4n) is 3.39. The second-order valence-corrected chi connectivity index (χ2v) is 7.26. The first-order chi connectivity index (χ1) is 14.0. The molecule has 2 heterocycles. The number of amides is 1. The van der Waals surface area contributed by atoms with Crippen LogP contribution in [0.25, 0.3) is 0 Å². The van der Waals surface area contributed by atoms with Gasteiger partial charge in [0.25, 0.3) is 0 Å². The molecule has 1 aliphatic rings. The van der Waals surface area contributed by atoms with Gasteiger partial charge in [-0.2, -0.15) is 4.39 Å². The van der Waals surface area contributed by atoms with E-state index < -0.39 is 5.82 Å². The number of carbonyl (C=O) groups excluding carboxylic acids is 1. The smallest absolute Gasteiger partial charge is 0.217 e. The molecule has 1 amide bonds. The summed E-state index contributed by atoms with van der Waals surface area (Å²) in [5.41, 5.74) is 1.01. The summed E-state index contributed by atoms with van der Waals surface area (Å²) in [4.78, 5) is 17.3. The van der Waals surface area contributed by atoms with Crippen molar-refractivity contribution in [3.63, 3.8) is 0 Å². The second-order valence-electron chi connectivity index (χ2n) is 7.26. The van der Waals surface area contributed by atoms with E-state index in [0.29, 0.717) is 25.5 Å². The number of halogens is 1. The van der Waals surface area contributed by atoms with Crippen LogP contribution in [-0.4, -0.2) is 36.7 Å². The molecule has 1 aromatic heterocycles. The number of rotatable bonds is 8. The van der Waals surface area contributed by atoms with E-state index in [0.717, 1.165) is 24.2 Å². The molecule has 156 valence electrons. The molecule has 1 aromatic carbocycles. The van der Waals surface area contributed by atoms with Crippen molar-refractivity contribution in [2.24, 2.45) is 0 Å². The Morgan fingerprint density at radius 3 is 2.79 bits per heavy atom. The molecule has 0 unspecified atom stereocenters. The molecule has 1 N–H and O–H groups in total. The van der Waals surface area contributed by atoms with Gasteiger partial charge in [0.15, 0.2) is 11.6 Å². The number of pyridine rings is 1. The van der Waals surface area contributed by atoms with E-state index in [4.69, 9.17) is 9.47 Å². The van der Waals surface area contributed by atoms with Crippen LogP contribution < -0.4 is 19.7 Å². The molecule has 3 rings (SSSR count). The molecule has 1 aliphatic heterocycles. The van der Waals surface area contributed by atoms with Gasteiger partial charge in [-0.1, -0.05) is 19.1 Å². The van der Waals surface area contributed by atoms with Gasteiger partial charge < -0.3 is 19.7 Å². The SMILES string of the molecule is CCCOc1ccnc(N2CC[C@@H](Oc3ccc([C@H](C)NC(C)=O)cc3)C2)c1F. The Bertz CT molecular complexity index is 829. The van der Waals surface area contributed by atoms with Gasteiger partial charge in [-0.25, -0.2) is 4.98 Å². The van der Waals surface area contributed by atoms with Gasteiger partial charge in [0.2, 0.25) is 11.7 Å². The van der Waals surface area contributed by atoms with Crippen molar-refractivity contribution in [1.82, 2.24) is 10.3 Å². The van der Waals surface area contributed by atoms with Gasteiger partial charge in [0.1, 0.15) is 11.9 Å². The van der Waals surface area contributed by atoms with Gasteiger partial charge in [0, 0.05) is 32.2 Å². The average molecular weight is 401 g/mol. The summed E-state index contributed by atoms with van der Waals surface area (Å²) < 4.78 is 26.2. The fraction of sp³-hybridized carbons (Fsp3) is 0.455. The molecule has 1 fully saturated rings. The molecule has 0 radical (unpaired) electrons. The van der Waals surface area contributed by atoms with E-state index in [1.165, 1.54) is 6.92 Å². The number of hydrogen-bond acceptors (Lipinski definition) is 5. The minimum atomic E-state index is -0.419. The first-order valence-corrected chi connectivity index (χ1v) is 10.0. The lowest BCUT2D eigenvalue weighted by Crippen LogP contribution is -2.26. The summed E-state index contributed by atoms with van der Waals surface area (Å²) in [7, 11) is 0. The fourth-order valence-corrected chi connectivity index (χ4v) is 3.39. The summed E-state index contributed by atoms with van der Waals surface area (Å²) in [5, 5.41) is 2.86. The minimum absolute atomic E-state index is 0.0463. The second kappa shape index (κ2) is 9.58. The van der Waals surface area contributed by atoms with Crippen LogP contribution in [0.4, 0.5) is 10.2 Å². The number of ether oxygens (including phenoxy) is 2. The predicted molar refractivity (Wildman–Crippen MR) is 110 cm³/mol. The summed E-state index contributed by atoms with van der Waals surface area (Å²) in [6.07, 6.45) is 3.13. The molecular weight excluding hydrogens is 373 g/mol. The number of benzene rings is 1. The lowest BCUT2D eigenvalue weighted by Gasteiger charge is -2.20. The largest absolute Gasteiger partial charge is 0.490 e. The highest BCUT2D eigenvalue weighted by Crippen LogP contribution is 2.29. The molecule has 0 saturated carbocycles. The van der Waals surface area contributed by atoms with Crippen molar-refractivity contribution in [2.45, 2.75) is 45.8 Å². The van der Waals surface area contributed by atoms with Crippen LogP contribution in [0, 0.1) is 5.82 Å². The Kier molecular flexibility index (Phi) is 6.90. The quantitative estimate of drug-likeness (QED) is 0.728. The number of nitrogens with one attached hydrogen (secondary N) is 1. The Morgan fingerprint density at radius 2 is 2.10 bits per heavy atom. The lowest BCUT2D eigenvalue weighted by atomic mass is 10.1. The van der Waals surface area contributed by atoms with E-state index >= 15 is 0 Å². The molecule has 0 aliphatic carbocycles. The molecular formula is C22H28FN3O3. The van der Waals surface area contributed by atoms with Crippen LogP contribution in [0.1, 0.15) is 45.2 Å². The third-order valence-corrected chi connectivity index (χ3v) is 4.84. The third kappa shape index (κ3) is 5.37. The molecule has 29 heavy (non-hydrogen) atoms. The molecule has 6 nitrogen and oxygen atoms in total. The molecule has 0 spiro atoms. The standard InChI is InChI=1S/C22H28FN3O3/c1-4-13-28-20-9-11-24-22(21(20)23)26-12-10-19(14-26)29-18-7-5-17(6-8-18)15(2)25-16(3)27/h5-9,11,15,19H,4,10,12-14H2,1-3H3,(H,25,27)/t15-,19+/m0/s1. The van der Waals surface area contributed by atoms with Crippen LogP contribution >= 0.6 is 0 Å². The number of anilines is 1. The molecule has 2 atom stereocenters. The number of hydrogen-bond donors (Lipinski definition) is 1. The minimum Gasteiger partial charge on any atom is -0.490 e. The number of aromatic nitrogens is 1. The van der Waals surface area contributed by atoms with Crippen molar-refractivity contribution in [3.05, 3.63) is 47.9 Å². The van der Waals surface area contributed by atoms with Gasteiger partial charge in [0.05, 0.1) is 19.2 Å². The first-order valence-electron chi connectivity index (χ1n) is 10.0. The monoisotopic (exact) mass is 401 g/mol. The van der Waals surface area contributed by atoms with Crippen LogP contribution in [0.2, 0.25) is 0 Å². The first kappa shape index (κ1) is 20.9. The Labute approximate surface area is 171 Å². The van der Waals surface area contributed by atoms with E-state index in [1.54, 1.807) is 12.3 Å². The molecule has 7 heteroatoms. The highest BCUT2D eigenvalue weighted by atomic mass is 19.1. The van der Waals surface area contributed by atoms with Crippen LogP contribution in [0.5, 0.6) is 11.5 Å². The van der Waals surface area contributed by atoms with Crippen molar-refractivity contribution in [2.75, 3.05) is 24.6 Å². The van der Waals surface area contributed by atoms with Crippen molar-refractivity contribution in [1.29, 1.82) is 0 Å². The Morgan fingerprint density at radius 1 is 1.34 bits per heavy atom. The normalized spacial score (nSPS) is 17.1. The Hall–Kier alpha value is -2.83. The van der Waals surface area contributed by atoms with Crippen LogP contribution in [-0.2, 0) is 4.79 Å². The zero-order valence-corrected chi connectivity index (χ0v) is 17.2.